The second-order valence-corrected chi connectivity index (χ2v) is 11.4. The third kappa shape index (κ3) is 5.48. The SMILES string of the molecule is O=[N+]([O-])c1cc(C2CCC(c3ccc(Cl)c([N+](=O)[O-])c3)N2c2cc(Cl)c(N3CCCCC3)c(Cl)c2)ccc1Cl. The monoisotopic (exact) mass is 608 g/mol. The molecule has 2 saturated heterocycles. The number of anilines is 2. The maximum absolute atomic E-state index is 11.6. The highest BCUT2D eigenvalue weighted by atomic mass is 35.5. The molecule has 2 heterocycles. The highest BCUT2D eigenvalue weighted by Crippen LogP contribution is 2.51. The van der Waals surface area contributed by atoms with Crippen LogP contribution >= 0.6 is 46.4 Å². The summed E-state index contributed by atoms with van der Waals surface area (Å²) in [6, 6.07) is 12.7. The van der Waals surface area contributed by atoms with Crippen LogP contribution in [-0.2, 0) is 0 Å². The predicted octanol–water partition coefficient (Wildman–Crippen LogP) is 9.19. The Labute approximate surface area is 245 Å². The van der Waals surface area contributed by atoms with Crippen molar-refractivity contribution in [3.05, 3.63) is 100.0 Å². The van der Waals surface area contributed by atoms with Gasteiger partial charge in [-0.05, 0) is 67.5 Å². The van der Waals surface area contributed by atoms with E-state index < -0.39 is 9.85 Å². The molecule has 5 rings (SSSR count). The molecule has 0 saturated carbocycles. The van der Waals surface area contributed by atoms with E-state index in [4.69, 9.17) is 46.4 Å². The number of nitro benzene ring substituents is 2. The lowest BCUT2D eigenvalue weighted by Crippen LogP contribution is -2.30. The highest BCUT2D eigenvalue weighted by Gasteiger charge is 2.38. The van der Waals surface area contributed by atoms with Crippen molar-refractivity contribution in [3.8, 4) is 0 Å². The average Bonchev–Trinajstić information content (AvgIpc) is 3.34. The standard InChI is InChI=1S/C27H24Cl4N4O4/c28-19-6-4-16(12-25(19)34(36)37)23-8-9-24(17-5-7-20(29)26(13-17)35(38)39)33(23)18-14-21(30)27(22(31)15-18)32-10-2-1-3-11-32/h4-7,12-15,23-24H,1-3,8-11H2. The molecule has 0 amide bonds. The number of hydrogen-bond acceptors (Lipinski definition) is 6. The van der Waals surface area contributed by atoms with Gasteiger partial charge in [-0.3, -0.25) is 20.2 Å². The second-order valence-electron chi connectivity index (χ2n) is 9.76. The quantitative estimate of drug-likeness (QED) is 0.204. The Morgan fingerprint density at radius 1 is 0.667 bits per heavy atom. The lowest BCUT2D eigenvalue weighted by Gasteiger charge is -2.35. The number of benzene rings is 3. The van der Waals surface area contributed by atoms with Gasteiger partial charge in [0.05, 0.1) is 37.7 Å². The van der Waals surface area contributed by atoms with E-state index in [9.17, 15) is 20.2 Å². The molecule has 39 heavy (non-hydrogen) atoms. The third-order valence-electron chi connectivity index (χ3n) is 7.46. The third-order valence-corrected chi connectivity index (χ3v) is 8.68. The molecule has 2 aliphatic rings. The smallest absolute Gasteiger partial charge is 0.288 e. The van der Waals surface area contributed by atoms with E-state index in [2.05, 4.69) is 9.80 Å². The van der Waals surface area contributed by atoms with Crippen LogP contribution in [0.15, 0.2) is 48.5 Å². The van der Waals surface area contributed by atoms with E-state index in [0.717, 1.165) is 31.6 Å². The van der Waals surface area contributed by atoms with E-state index in [-0.39, 0.29) is 33.5 Å². The van der Waals surface area contributed by atoms with Gasteiger partial charge in [0.1, 0.15) is 10.0 Å². The minimum atomic E-state index is -0.508. The number of piperidine rings is 1. The van der Waals surface area contributed by atoms with E-state index in [1.807, 2.05) is 12.1 Å². The lowest BCUT2D eigenvalue weighted by molar-refractivity contribution is -0.384. The van der Waals surface area contributed by atoms with Crippen molar-refractivity contribution in [1.82, 2.24) is 0 Å². The molecule has 2 aliphatic heterocycles. The van der Waals surface area contributed by atoms with Crippen LogP contribution in [0.5, 0.6) is 0 Å². The van der Waals surface area contributed by atoms with E-state index in [0.29, 0.717) is 39.7 Å². The van der Waals surface area contributed by atoms with E-state index in [1.54, 1.807) is 12.1 Å². The van der Waals surface area contributed by atoms with Gasteiger partial charge in [0.2, 0.25) is 0 Å². The molecule has 0 aromatic heterocycles. The molecule has 0 N–H and O–H groups in total. The molecular formula is C27H24Cl4N4O4. The normalized spacial score (nSPS) is 19.4. The minimum Gasteiger partial charge on any atom is -0.369 e. The van der Waals surface area contributed by atoms with Gasteiger partial charge in [0.25, 0.3) is 11.4 Å². The van der Waals surface area contributed by atoms with Gasteiger partial charge in [-0.1, -0.05) is 58.5 Å². The number of nitro groups is 2. The molecule has 204 valence electrons. The van der Waals surface area contributed by atoms with Crippen molar-refractivity contribution in [3.63, 3.8) is 0 Å². The Kier molecular flexibility index (Phi) is 8.10. The fourth-order valence-electron chi connectivity index (χ4n) is 5.70. The first-order chi connectivity index (χ1) is 18.7. The summed E-state index contributed by atoms with van der Waals surface area (Å²) in [6.07, 6.45) is 4.55. The minimum absolute atomic E-state index is 0.0511. The van der Waals surface area contributed by atoms with Gasteiger partial charge < -0.3 is 9.80 Å². The Hall–Kier alpha value is -2.78. The van der Waals surface area contributed by atoms with Crippen LogP contribution in [0, 0.1) is 20.2 Å². The molecule has 2 fully saturated rings. The van der Waals surface area contributed by atoms with Gasteiger partial charge in [0, 0.05) is 30.9 Å². The first-order valence-corrected chi connectivity index (χ1v) is 14.1. The fourth-order valence-corrected chi connectivity index (χ4v) is 6.79. The Bertz CT molecular complexity index is 1350. The van der Waals surface area contributed by atoms with Crippen molar-refractivity contribution < 1.29 is 9.85 Å². The second kappa shape index (κ2) is 11.4. The zero-order valence-corrected chi connectivity index (χ0v) is 23.7. The number of halogens is 4. The van der Waals surface area contributed by atoms with Crippen molar-refractivity contribution in [2.45, 2.75) is 44.2 Å². The average molecular weight is 610 g/mol. The summed E-state index contributed by atoms with van der Waals surface area (Å²) in [6.45, 7) is 1.74. The van der Waals surface area contributed by atoms with Crippen LogP contribution in [0.2, 0.25) is 20.1 Å². The van der Waals surface area contributed by atoms with E-state index in [1.165, 1.54) is 30.7 Å². The summed E-state index contributed by atoms with van der Waals surface area (Å²) >= 11 is 25.9. The number of rotatable bonds is 6. The maximum atomic E-state index is 11.6. The summed E-state index contributed by atoms with van der Waals surface area (Å²) in [4.78, 5) is 26.5. The maximum Gasteiger partial charge on any atom is 0.288 e. The summed E-state index contributed by atoms with van der Waals surface area (Å²) < 4.78 is 0. The largest absolute Gasteiger partial charge is 0.369 e. The summed E-state index contributed by atoms with van der Waals surface area (Å²) in [7, 11) is 0. The zero-order chi connectivity index (χ0) is 27.8. The Morgan fingerprint density at radius 3 is 1.56 bits per heavy atom. The van der Waals surface area contributed by atoms with Gasteiger partial charge in [-0.2, -0.15) is 0 Å². The molecule has 2 unspecified atom stereocenters. The molecular weight excluding hydrogens is 586 g/mol. The lowest BCUT2D eigenvalue weighted by atomic mass is 10.0. The zero-order valence-electron chi connectivity index (χ0n) is 20.7. The molecule has 12 heteroatoms. The Balaban J connectivity index is 1.62. The molecule has 3 aromatic rings. The molecule has 0 aliphatic carbocycles. The van der Waals surface area contributed by atoms with Crippen molar-refractivity contribution in [2.75, 3.05) is 22.9 Å². The first kappa shape index (κ1) is 27.8. The van der Waals surface area contributed by atoms with Crippen LogP contribution in [0.4, 0.5) is 22.7 Å². The summed E-state index contributed by atoms with van der Waals surface area (Å²) in [5, 5.41) is 24.4. The molecule has 3 aromatic carbocycles. The van der Waals surface area contributed by atoms with E-state index >= 15 is 0 Å². The Morgan fingerprint density at radius 2 is 1.13 bits per heavy atom. The van der Waals surface area contributed by atoms with Crippen LogP contribution < -0.4 is 9.80 Å². The molecule has 8 nitrogen and oxygen atoms in total. The molecule has 0 bridgehead atoms. The predicted molar refractivity (Wildman–Crippen MR) is 156 cm³/mol. The van der Waals surface area contributed by atoms with Crippen LogP contribution in [0.1, 0.15) is 55.3 Å². The van der Waals surface area contributed by atoms with Gasteiger partial charge in [0.15, 0.2) is 0 Å². The number of hydrogen-bond donors (Lipinski definition) is 0. The van der Waals surface area contributed by atoms with Crippen molar-refractivity contribution >= 4 is 69.2 Å². The molecule has 0 radical (unpaired) electrons. The van der Waals surface area contributed by atoms with Crippen LogP contribution in [0.3, 0.4) is 0 Å². The van der Waals surface area contributed by atoms with Crippen molar-refractivity contribution in [1.29, 1.82) is 0 Å². The molecule has 0 spiro atoms. The fraction of sp³-hybridized carbons (Fsp3) is 0.333. The summed E-state index contributed by atoms with van der Waals surface area (Å²) in [5.41, 5.74) is 2.54. The topological polar surface area (TPSA) is 92.8 Å². The van der Waals surface area contributed by atoms with Gasteiger partial charge in [-0.25, -0.2) is 0 Å². The molecule has 2 atom stereocenters. The first-order valence-electron chi connectivity index (χ1n) is 12.6. The van der Waals surface area contributed by atoms with Gasteiger partial charge >= 0.3 is 0 Å². The van der Waals surface area contributed by atoms with Crippen molar-refractivity contribution in [2.24, 2.45) is 0 Å². The van der Waals surface area contributed by atoms with Crippen LogP contribution in [0.25, 0.3) is 0 Å². The van der Waals surface area contributed by atoms with Gasteiger partial charge in [-0.15, -0.1) is 0 Å². The van der Waals surface area contributed by atoms with Crippen LogP contribution in [-0.4, -0.2) is 22.9 Å². The highest BCUT2D eigenvalue weighted by molar-refractivity contribution is 6.39. The number of nitrogens with zero attached hydrogens (tertiary/aromatic N) is 4. The summed E-state index contributed by atoms with van der Waals surface area (Å²) in [5.74, 6) is 0.